The summed E-state index contributed by atoms with van der Waals surface area (Å²) >= 11 is 0. The number of azo groups is 1. The second-order valence-electron chi connectivity index (χ2n) is 5.73. The molecule has 2 aromatic carbocycles. The normalized spacial score (nSPS) is 11.1. The molecule has 0 spiro atoms. The zero-order chi connectivity index (χ0) is 17.5. The minimum absolute atomic E-state index is 0.233. The van der Waals surface area contributed by atoms with Crippen LogP contribution in [0.2, 0.25) is 0 Å². The quantitative estimate of drug-likeness (QED) is 0.535. The van der Waals surface area contributed by atoms with Gasteiger partial charge >= 0.3 is 5.97 Å². The van der Waals surface area contributed by atoms with Crippen LogP contribution in [0.1, 0.15) is 48.2 Å². The van der Waals surface area contributed by atoms with E-state index >= 15 is 0 Å². The van der Waals surface area contributed by atoms with Gasteiger partial charge in [-0.25, -0.2) is 4.79 Å². The lowest BCUT2D eigenvalue weighted by Crippen LogP contribution is -2.00. The Bertz CT molecular complexity index is 710. The Balaban J connectivity index is 2.28. The first-order chi connectivity index (χ1) is 11.5. The minimum Gasteiger partial charge on any atom is -0.478 e. The molecule has 5 heteroatoms. The third kappa shape index (κ3) is 4.41. The number of carbonyl (C=O) groups is 1. The van der Waals surface area contributed by atoms with Gasteiger partial charge in [0.05, 0.1) is 16.9 Å². The van der Waals surface area contributed by atoms with Crippen molar-refractivity contribution in [2.24, 2.45) is 10.2 Å². The lowest BCUT2D eigenvalue weighted by atomic mass is 9.99. The van der Waals surface area contributed by atoms with Crippen LogP contribution in [0, 0.1) is 0 Å². The number of aryl methyl sites for hydroxylation is 2. The molecule has 0 aromatic heterocycles. The topological polar surface area (TPSA) is 88.0 Å². The molecule has 0 fully saturated rings. The van der Waals surface area contributed by atoms with Crippen LogP contribution in [0.3, 0.4) is 0 Å². The Labute approximate surface area is 142 Å². The number of nitrogens with zero attached hydrogens (tertiary/aromatic N) is 2. The van der Waals surface area contributed by atoms with Gasteiger partial charge in [-0.05, 0) is 60.4 Å². The number of rotatable bonds is 7. The van der Waals surface area contributed by atoms with E-state index in [9.17, 15) is 4.79 Å². The van der Waals surface area contributed by atoms with Crippen LogP contribution >= 0.6 is 0 Å². The summed E-state index contributed by atoms with van der Waals surface area (Å²) in [7, 11) is 0. The monoisotopic (exact) mass is 325 g/mol. The second kappa shape index (κ2) is 8.24. The lowest BCUT2D eigenvalue weighted by molar-refractivity contribution is 0.0697. The lowest BCUT2D eigenvalue weighted by Gasteiger charge is -2.11. The van der Waals surface area contributed by atoms with E-state index in [0.717, 1.165) is 48.2 Å². The van der Waals surface area contributed by atoms with Gasteiger partial charge < -0.3 is 10.8 Å². The fourth-order valence-electron chi connectivity index (χ4n) is 2.56. The number of nitrogen functional groups attached to an aromatic ring is 1. The van der Waals surface area contributed by atoms with E-state index in [0.29, 0.717) is 5.69 Å². The van der Waals surface area contributed by atoms with Gasteiger partial charge in [0.1, 0.15) is 0 Å². The first-order valence-corrected chi connectivity index (χ1v) is 8.21. The molecule has 0 aliphatic heterocycles. The summed E-state index contributed by atoms with van der Waals surface area (Å²) in [5.74, 6) is -0.953. The number of carboxylic acids is 1. The predicted molar refractivity (Wildman–Crippen MR) is 96.4 cm³/mol. The van der Waals surface area contributed by atoms with Gasteiger partial charge in [-0.1, -0.05) is 26.7 Å². The van der Waals surface area contributed by atoms with Gasteiger partial charge in [-0.2, -0.15) is 10.2 Å². The minimum atomic E-state index is -0.953. The molecular formula is C19H23N3O2. The van der Waals surface area contributed by atoms with E-state index in [1.165, 1.54) is 12.1 Å². The van der Waals surface area contributed by atoms with Crippen molar-refractivity contribution in [1.29, 1.82) is 0 Å². The van der Waals surface area contributed by atoms with E-state index < -0.39 is 5.97 Å². The maximum atomic E-state index is 10.9. The van der Waals surface area contributed by atoms with Crippen LogP contribution in [0.5, 0.6) is 0 Å². The van der Waals surface area contributed by atoms with Crippen LogP contribution < -0.4 is 5.73 Å². The summed E-state index contributed by atoms with van der Waals surface area (Å²) in [5, 5.41) is 17.4. The second-order valence-corrected chi connectivity index (χ2v) is 5.73. The first-order valence-electron chi connectivity index (χ1n) is 8.21. The molecule has 0 unspecified atom stereocenters. The summed E-state index contributed by atoms with van der Waals surface area (Å²) < 4.78 is 0. The molecular weight excluding hydrogens is 302 g/mol. The summed E-state index contributed by atoms with van der Waals surface area (Å²) in [6.07, 6.45) is 3.87. The van der Waals surface area contributed by atoms with Gasteiger partial charge in [-0.3, -0.25) is 0 Å². The Morgan fingerprint density at radius 3 is 1.92 bits per heavy atom. The zero-order valence-electron chi connectivity index (χ0n) is 14.1. The molecule has 0 saturated carbocycles. The summed E-state index contributed by atoms with van der Waals surface area (Å²) in [5.41, 5.74) is 11.0. The standard InChI is InChI=1S/C19H23N3O2/c1-3-5-14-11-17(12-15(6-4-2)18(14)20)22-21-16-9-7-13(8-10-16)19(23)24/h7-12H,3-6,20H2,1-2H3,(H,23,24). The number of aromatic carboxylic acids is 1. The van der Waals surface area contributed by atoms with Gasteiger partial charge in [0, 0.05) is 5.69 Å². The Hall–Kier alpha value is -2.69. The molecule has 5 nitrogen and oxygen atoms in total. The van der Waals surface area contributed by atoms with E-state index in [4.69, 9.17) is 10.8 Å². The molecule has 0 saturated heterocycles. The van der Waals surface area contributed by atoms with Crippen molar-refractivity contribution in [2.45, 2.75) is 39.5 Å². The fraction of sp³-hybridized carbons (Fsp3) is 0.316. The Kier molecular flexibility index (Phi) is 6.07. The SMILES string of the molecule is CCCc1cc(N=Nc2ccc(C(=O)O)cc2)cc(CCC)c1N. The molecule has 0 radical (unpaired) electrons. The van der Waals surface area contributed by atoms with Crippen molar-refractivity contribution in [3.8, 4) is 0 Å². The van der Waals surface area contributed by atoms with Crippen LogP contribution in [0.4, 0.5) is 17.1 Å². The van der Waals surface area contributed by atoms with Crippen molar-refractivity contribution >= 4 is 23.0 Å². The summed E-state index contributed by atoms with van der Waals surface area (Å²) in [6, 6.07) is 10.3. The van der Waals surface area contributed by atoms with Crippen LogP contribution in [0.15, 0.2) is 46.6 Å². The Morgan fingerprint density at radius 2 is 1.46 bits per heavy atom. The number of benzene rings is 2. The van der Waals surface area contributed by atoms with Crippen LogP contribution in [-0.4, -0.2) is 11.1 Å². The highest BCUT2D eigenvalue weighted by Gasteiger charge is 2.07. The van der Waals surface area contributed by atoms with E-state index in [-0.39, 0.29) is 5.56 Å². The molecule has 0 atom stereocenters. The smallest absolute Gasteiger partial charge is 0.335 e. The van der Waals surface area contributed by atoms with Crippen LogP contribution in [0.25, 0.3) is 0 Å². The Morgan fingerprint density at radius 1 is 0.958 bits per heavy atom. The first kappa shape index (κ1) is 17.7. The maximum Gasteiger partial charge on any atom is 0.335 e. The van der Waals surface area contributed by atoms with Gasteiger partial charge in [0.2, 0.25) is 0 Å². The van der Waals surface area contributed by atoms with Crippen molar-refractivity contribution < 1.29 is 9.90 Å². The zero-order valence-corrected chi connectivity index (χ0v) is 14.1. The molecule has 0 bridgehead atoms. The molecule has 24 heavy (non-hydrogen) atoms. The van der Waals surface area contributed by atoms with E-state index in [1.807, 2.05) is 12.1 Å². The molecule has 0 amide bonds. The number of hydrogen-bond donors (Lipinski definition) is 2. The van der Waals surface area contributed by atoms with Crippen molar-refractivity contribution in [2.75, 3.05) is 5.73 Å². The fourth-order valence-corrected chi connectivity index (χ4v) is 2.56. The molecule has 3 N–H and O–H groups in total. The molecule has 0 aliphatic carbocycles. The highest BCUT2D eigenvalue weighted by atomic mass is 16.4. The third-order valence-corrected chi connectivity index (χ3v) is 3.77. The van der Waals surface area contributed by atoms with Crippen molar-refractivity contribution in [1.82, 2.24) is 0 Å². The number of anilines is 1. The highest BCUT2D eigenvalue weighted by Crippen LogP contribution is 2.28. The summed E-state index contributed by atoms with van der Waals surface area (Å²) in [6.45, 7) is 4.24. The van der Waals surface area contributed by atoms with Crippen molar-refractivity contribution in [3.05, 3.63) is 53.1 Å². The molecule has 126 valence electrons. The average Bonchev–Trinajstić information content (AvgIpc) is 2.57. The van der Waals surface area contributed by atoms with Gasteiger partial charge in [-0.15, -0.1) is 0 Å². The number of hydrogen-bond acceptors (Lipinski definition) is 4. The third-order valence-electron chi connectivity index (χ3n) is 3.77. The van der Waals surface area contributed by atoms with Crippen LogP contribution in [-0.2, 0) is 12.8 Å². The van der Waals surface area contributed by atoms with E-state index in [2.05, 4.69) is 24.1 Å². The molecule has 0 aliphatic rings. The van der Waals surface area contributed by atoms with Crippen molar-refractivity contribution in [3.63, 3.8) is 0 Å². The van der Waals surface area contributed by atoms with Gasteiger partial charge in [0.25, 0.3) is 0 Å². The average molecular weight is 325 g/mol. The molecule has 2 aromatic rings. The number of carboxylic acid groups (broad SMARTS) is 1. The van der Waals surface area contributed by atoms with E-state index in [1.54, 1.807) is 12.1 Å². The largest absolute Gasteiger partial charge is 0.478 e. The predicted octanol–water partition coefficient (Wildman–Crippen LogP) is 5.29. The maximum absolute atomic E-state index is 10.9. The molecule has 2 rings (SSSR count). The summed E-state index contributed by atoms with van der Waals surface area (Å²) in [4.78, 5) is 10.9. The number of nitrogens with two attached hydrogens (primary N) is 1. The highest BCUT2D eigenvalue weighted by molar-refractivity contribution is 5.87. The van der Waals surface area contributed by atoms with Gasteiger partial charge in [0.15, 0.2) is 0 Å². The molecule has 0 heterocycles.